The van der Waals surface area contributed by atoms with Gasteiger partial charge in [-0.2, -0.15) is 5.10 Å². The SMILES string of the molecule is Cc1ccc(NC(=O)CCC(=O)NN=Cc2cccc(O)c2)cc1. The van der Waals surface area contributed by atoms with Crippen LogP contribution >= 0.6 is 0 Å². The van der Waals surface area contributed by atoms with E-state index >= 15 is 0 Å². The molecule has 2 aromatic carbocycles. The van der Waals surface area contributed by atoms with E-state index in [0.29, 0.717) is 11.3 Å². The number of hydrazone groups is 1. The molecule has 3 N–H and O–H groups in total. The molecule has 0 saturated carbocycles. The maximum Gasteiger partial charge on any atom is 0.240 e. The van der Waals surface area contributed by atoms with Crippen molar-refractivity contribution in [2.24, 2.45) is 5.10 Å². The lowest BCUT2D eigenvalue weighted by Gasteiger charge is -2.05. The first-order chi connectivity index (χ1) is 11.5. The lowest BCUT2D eigenvalue weighted by Crippen LogP contribution is -2.20. The van der Waals surface area contributed by atoms with Crippen molar-refractivity contribution < 1.29 is 14.7 Å². The molecule has 0 heterocycles. The summed E-state index contributed by atoms with van der Waals surface area (Å²) in [5.74, 6) is -0.463. The maximum atomic E-state index is 11.8. The Morgan fingerprint density at radius 3 is 2.50 bits per heavy atom. The number of hydrogen-bond acceptors (Lipinski definition) is 4. The van der Waals surface area contributed by atoms with Crippen molar-refractivity contribution in [3.05, 3.63) is 59.7 Å². The number of carbonyl (C=O) groups is 2. The first-order valence-corrected chi connectivity index (χ1v) is 7.50. The highest BCUT2D eigenvalue weighted by Gasteiger charge is 2.06. The normalized spacial score (nSPS) is 10.5. The number of benzene rings is 2. The van der Waals surface area contributed by atoms with E-state index in [4.69, 9.17) is 0 Å². The minimum absolute atomic E-state index is 0.0368. The van der Waals surface area contributed by atoms with Gasteiger partial charge in [-0.1, -0.05) is 29.8 Å². The summed E-state index contributed by atoms with van der Waals surface area (Å²) in [5.41, 5.74) is 4.82. The first-order valence-electron chi connectivity index (χ1n) is 7.50. The summed E-state index contributed by atoms with van der Waals surface area (Å²) >= 11 is 0. The number of anilines is 1. The molecule has 0 bridgehead atoms. The predicted octanol–water partition coefficient (Wildman–Crippen LogP) is 2.57. The van der Waals surface area contributed by atoms with Gasteiger partial charge < -0.3 is 10.4 Å². The fourth-order valence-electron chi connectivity index (χ4n) is 1.93. The van der Waals surface area contributed by atoms with Crippen LogP contribution in [-0.2, 0) is 9.59 Å². The summed E-state index contributed by atoms with van der Waals surface area (Å²) < 4.78 is 0. The molecule has 0 unspecified atom stereocenters. The van der Waals surface area contributed by atoms with Gasteiger partial charge in [-0.15, -0.1) is 0 Å². The Morgan fingerprint density at radius 2 is 1.79 bits per heavy atom. The molecule has 0 aliphatic carbocycles. The summed E-state index contributed by atoms with van der Waals surface area (Å²) in [7, 11) is 0. The van der Waals surface area contributed by atoms with Crippen molar-refractivity contribution in [3.8, 4) is 5.75 Å². The highest BCUT2D eigenvalue weighted by Crippen LogP contribution is 2.10. The van der Waals surface area contributed by atoms with Crippen LogP contribution in [0.15, 0.2) is 53.6 Å². The molecule has 124 valence electrons. The molecule has 0 aliphatic heterocycles. The van der Waals surface area contributed by atoms with Gasteiger partial charge in [0.05, 0.1) is 6.21 Å². The molecular formula is C18H19N3O3. The van der Waals surface area contributed by atoms with Crippen LogP contribution in [0.3, 0.4) is 0 Å². The van der Waals surface area contributed by atoms with Gasteiger partial charge in [0.25, 0.3) is 0 Å². The van der Waals surface area contributed by atoms with E-state index in [1.54, 1.807) is 18.2 Å². The molecule has 0 spiro atoms. The molecule has 0 saturated heterocycles. The van der Waals surface area contributed by atoms with Gasteiger partial charge in [0.15, 0.2) is 0 Å². The van der Waals surface area contributed by atoms with E-state index < -0.39 is 0 Å². The van der Waals surface area contributed by atoms with Crippen LogP contribution in [0, 0.1) is 6.92 Å². The van der Waals surface area contributed by atoms with Crippen LogP contribution in [0.1, 0.15) is 24.0 Å². The molecule has 0 aromatic heterocycles. The van der Waals surface area contributed by atoms with Crippen LogP contribution < -0.4 is 10.7 Å². The summed E-state index contributed by atoms with van der Waals surface area (Å²) in [5, 5.41) is 15.8. The number of phenolic OH excluding ortho intramolecular Hbond substituents is 1. The lowest BCUT2D eigenvalue weighted by molar-refractivity contribution is -0.124. The Labute approximate surface area is 140 Å². The van der Waals surface area contributed by atoms with Crippen LogP contribution in [0.2, 0.25) is 0 Å². The molecule has 0 radical (unpaired) electrons. The van der Waals surface area contributed by atoms with E-state index in [-0.39, 0.29) is 30.4 Å². The van der Waals surface area contributed by atoms with Gasteiger partial charge >= 0.3 is 0 Å². The zero-order chi connectivity index (χ0) is 17.4. The smallest absolute Gasteiger partial charge is 0.240 e. The summed E-state index contributed by atoms with van der Waals surface area (Å²) in [4.78, 5) is 23.4. The average molecular weight is 325 g/mol. The minimum atomic E-state index is -0.356. The highest BCUT2D eigenvalue weighted by molar-refractivity contribution is 5.93. The summed E-state index contributed by atoms with van der Waals surface area (Å²) in [6.07, 6.45) is 1.53. The van der Waals surface area contributed by atoms with Gasteiger partial charge in [0.1, 0.15) is 5.75 Å². The Hall–Kier alpha value is -3.15. The number of nitrogens with one attached hydrogen (secondary N) is 2. The van der Waals surface area contributed by atoms with E-state index in [1.807, 2.05) is 31.2 Å². The number of nitrogens with zero attached hydrogens (tertiary/aromatic N) is 1. The minimum Gasteiger partial charge on any atom is -0.508 e. The fourth-order valence-corrected chi connectivity index (χ4v) is 1.93. The molecule has 2 aromatic rings. The number of amides is 2. The maximum absolute atomic E-state index is 11.8. The third-order valence-corrected chi connectivity index (χ3v) is 3.19. The Kier molecular flexibility index (Phi) is 6.08. The monoisotopic (exact) mass is 325 g/mol. The second-order valence-electron chi connectivity index (χ2n) is 5.30. The second-order valence-corrected chi connectivity index (χ2v) is 5.30. The van der Waals surface area contributed by atoms with Gasteiger partial charge in [-0.05, 0) is 36.8 Å². The number of aromatic hydroxyl groups is 1. The third kappa shape index (κ3) is 5.92. The fraction of sp³-hybridized carbons (Fsp3) is 0.167. The number of rotatable bonds is 6. The Balaban J connectivity index is 1.72. The number of phenols is 1. The summed E-state index contributed by atoms with van der Waals surface area (Å²) in [6.45, 7) is 1.97. The zero-order valence-corrected chi connectivity index (χ0v) is 13.3. The molecule has 0 fully saturated rings. The van der Waals surface area contributed by atoms with Gasteiger partial charge in [-0.25, -0.2) is 5.43 Å². The van der Waals surface area contributed by atoms with Crippen molar-refractivity contribution in [3.63, 3.8) is 0 Å². The largest absolute Gasteiger partial charge is 0.508 e. The van der Waals surface area contributed by atoms with Crippen molar-refractivity contribution in [1.29, 1.82) is 0 Å². The molecule has 2 amide bonds. The Morgan fingerprint density at radius 1 is 1.08 bits per heavy atom. The van der Waals surface area contributed by atoms with E-state index in [2.05, 4.69) is 15.8 Å². The van der Waals surface area contributed by atoms with Gasteiger partial charge in [0, 0.05) is 18.5 Å². The predicted molar refractivity (Wildman–Crippen MR) is 92.9 cm³/mol. The highest BCUT2D eigenvalue weighted by atomic mass is 16.3. The standard InChI is InChI=1S/C18H19N3O3/c1-13-5-7-15(8-6-13)20-17(23)9-10-18(24)21-19-12-14-3-2-4-16(22)11-14/h2-8,11-12,22H,9-10H2,1H3,(H,20,23)(H,21,24). The molecular weight excluding hydrogens is 306 g/mol. The second kappa shape index (κ2) is 8.47. The number of hydrogen-bond donors (Lipinski definition) is 3. The average Bonchev–Trinajstić information content (AvgIpc) is 2.55. The van der Waals surface area contributed by atoms with Crippen molar-refractivity contribution in [1.82, 2.24) is 5.43 Å². The molecule has 6 heteroatoms. The van der Waals surface area contributed by atoms with E-state index in [0.717, 1.165) is 5.56 Å². The van der Waals surface area contributed by atoms with Crippen LogP contribution in [0.5, 0.6) is 5.75 Å². The van der Waals surface area contributed by atoms with Crippen LogP contribution in [0.25, 0.3) is 0 Å². The molecule has 0 atom stereocenters. The Bertz CT molecular complexity index is 739. The van der Waals surface area contributed by atoms with E-state index in [9.17, 15) is 14.7 Å². The lowest BCUT2D eigenvalue weighted by atomic mass is 10.2. The summed E-state index contributed by atoms with van der Waals surface area (Å²) in [6, 6.07) is 13.9. The number of aryl methyl sites for hydroxylation is 1. The molecule has 2 rings (SSSR count). The van der Waals surface area contributed by atoms with Gasteiger partial charge in [-0.3, -0.25) is 9.59 Å². The molecule has 6 nitrogen and oxygen atoms in total. The topological polar surface area (TPSA) is 90.8 Å². The zero-order valence-electron chi connectivity index (χ0n) is 13.3. The number of carbonyl (C=O) groups excluding carboxylic acids is 2. The molecule has 0 aliphatic rings. The van der Waals surface area contributed by atoms with Crippen LogP contribution in [0.4, 0.5) is 5.69 Å². The first kappa shape index (κ1) is 17.2. The quantitative estimate of drug-likeness (QED) is 0.563. The van der Waals surface area contributed by atoms with Crippen LogP contribution in [-0.4, -0.2) is 23.1 Å². The van der Waals surface area contributed by atoms with Crippen molar-refractivity contribution >= 4 is 23.7 Å². The molecule has 24 heavy (non-hydrogen) atoms. The van der Waals surface area contributed by atoms with Crippen molar-refractivity contribution in [2.45, 2.75) is 19.8 Å². The van der Waals surface area contributed by atoms with Gasteiger partial charge in [0.2, 0.25) is 11.8 Å². The van der Waals surface area contributed by atoms with E-state index in [1.165, 1.54) is 12.3 Å². The van der Waals surface area contributed by atoms with Crippen molar-refractivity contribution in [2.75, 3.05) is 5.32 Å². The third-order valence-electron chi connectivity index (χ3n) is 3.19.